The van der Waals surface area contributed by atoms with Crippen molar-refractivity contribution >= 4 is 11.6 Å². The average Bonchev–Trinajstić information content (AvgIpc) is 2.56. The molecule has 0 aromatic carbocycles. The minimum Gasteiger partial charge on any atom is -0.324 e. The zero-order chi connectivity index (χ0) is 15.4. The summed E-state index contributed by atoms with van der Waals surface area (Å²) >= 11 is 0. The van der Waals surface area contributed by atoms with E-state index in [1.807, 2.05) is 49.4 Å². The van der Waals surface area contributed by atoms with E-state index >= 15 is 0 Å². The Labute approximate surface area is 128 Å². The summed E-state index contributed by atoms with van der Waals surface area (Å²) in [5.74, 6) is 1.13. The number of hydrogen-bond donors (Lipinski definition) is 1. The van der Waals surface area contributed by atoms with Gasteiger partial charge in [-0.2, -0.15) is 5.26 Å². The summed E-state index contributed by atoms with van der Waals surface area (Å²) in [4.78, 5) is 13.0. The summed E-state index contributed by atoms with van der Waals surface area (Å²) < 4.78 is 0. The van der Waals surface area contributed by atoms with E-state index in [0.717, 1.165) is 17.0 Å². The Morgan fingerprint density at radius 3 is 2.41 bits per heavy atom. The Balaban J connectivity index is 2.08. The lowest BCUT2D eigenvalue weighted by atomic mass is 10.1. The maximum Gasteiger partial charge on any atom is 0.150 e. The highest BCUT2D eigenvalue weighted by atomic mass is 15.1. The van der Waals surface area contributed by atoms with Crippen molar-refractivity contribution in [1.82, 2.24) is 15.0 Å². The number of anilines is 2. The molecule has 0 aliphatic carbocycles. The van der Waals surface area contributed by atoms with Gasteiger partial charge in [-0.25, -0.2) is 9.97 Å². The van der Waals surface area contributed by atoms with Crippen molar-refractivity contribution in [3.8, 4) is 17.5 Å². The predicted octanol–water partition coefficient (Wildman–Crippen LogP) is 3.46. The van der Waals surface area contributed by atoms with Gasteiger partial charge >= 0.3 is 0 Å². The third-order valence-corrected chi connectivity index (χ3v) is 3.17. The van der Waals surface area contributed by atoms with Crippen molar-refractivity contribution in [2.24, 2.45) is 0 Å². The molecular weight excluding hydrogens is 274 g/mol. The highest BCUT2D eigenvalue weighted by Crippen LogP contribution is 2.25. The molecule has 0 atom stereocenters. The van der Waals surface area contributed by atoms with Crippen LogP contribution >= 0.6 is 0 Å². The highest BCUT2D eigenvalue weighted by Gasteiger charge is 2.12. The molecule has 0 bridgehead atoms. The Bertz CT molecular complexity index is 823. The van der Waals surface area contributed by atoms with Crippen molar-refractivity contribution in [1.29, 1.82) is 5.26 Å². The van der Waals surface area contributed by atoms with E-state index in [2.05, 4.69) is 26.3 Å². The lowest BCUT2D eigenvalue weighted by Gasteiger charge is -2.11. The molecule has 22 heavy (non-hydrogen) atoms. The fourth-order valence-corrected chi connectivity index (χ4v) is 2.11. The smallest absolute Gasteiger partial charge is 0.150 e. The van der Waals surface area contributed by atoms with Crippen LogP contribution in [-0.2, 0) is 0 Å². The molecule has 3 aromatic rings. The van der Waals surface area contributed by atoms with Crippen LogP contribution in [0, 0.1) is 18.3 Å². The largest absolute Gasteiger partial charge is 0.324 e. The van der Waals surface area contributed by atoms with Crippen LogP contribution in [0.2, 0.25) is 0 Å². The van der Waals surface area contributed by atoms with Crippen LogP contribution in [0.25, 0.3) is 11.4 Å². The van der Waals surface area contributed by atoms with Crippen LogP contribution in [0.1, 0.15) is 11.1 Å². The summed E-state index contributed by atoms with van der Waals surface area (Å²) in [5.41, 5.74) is 2.83. The van der Waals surface area contributed by atoms with E-state index in [0.29, 0.717) is 17.2 Å². The van der Waals surface area contributed by atoms with Crippen LogP contribution in [-0.4, -0.2) is 15.0 Å². The van der Waals surface area contributed by atoms with Gasteiger partial charge in [-0.15, -0.1) is 0 Å². The Morgan fingerprint density at radius 1 is 1.00 bits per heavy atom. The van der Waals surface area contributed by atoms with Crippen molar-refractivity contribution < 1.29 is 0 Å². The molecule has 3 heterocycles. The van der Waals surface area contributed by atoms with Gasteiger partial charge in [0.15, 0.2) is 5.82 Å². The monoisotopic (exact) mass is 287 g/mol. The number of nitrogens with one attached hydrogen (secondary N) is 1. The summed E-state index contributed by atoms with van der Waals surface area (Å²) in [5, 5.41) is 12.5. The molecular formula is C17H13N5. The summed E-state index contributed by atoms with van der Waals surface area (Å²) in [7, 11) is 0. The lowest BCUT2D eigenvalue weighted by molar-refractivity contribution is 1.19. The van der Waals surface area contributed by atoms with Gasteiger partial charge in [-0.3, -0.25) is 4.98 Å². The van der Waals surface area contributed by atoms with Gasteiger partial charge in [-0.05, 0) is 42.8 Å². The average molecular weight is 287 g/mol. The Hall–Kier alpha value is -3.26. The lowest BCUT2D eigenvalue weighted by Crippen LogP contribution is -2.02. The minimum atomic E-state index is 0.488. The fourth-order valence-electron chi connectivity index (χ4n) is 2.11. The molecule has 106 valence electrons. The van der Waals surface area contributed by atoms with E-state index in [9.17, 15) is 5.26 Å². The fraction of sp³-hybridized carbons (Fsp3) is 0.0588. The van der Waals surface area contributed by atoms with Gasteiger partial charge in [0, 0.05) is 12.4 Å². The summed E-state index contributed by atoms with van der Waals surface area (Å²) in [6.45, 7) is 1.89. The van der Waals surface area contributed by atoms with E-state index in [4.69, 9.17) is 0 Å². The second kappa shape index (κ2) is 6.02. The molecule has 0 saturated heterocycles. The highest BCUT2D eigenvalue weighted by molar-refractivity contribution is 5.68. The molecule has 0 amide bonds. The first-order valence-corrected chi connectivity index (χ1v) is 6.79. The SMILES string of the molecule is Cc1cc(-c2ccccn2)nc(Nc2ccccn2)c1C#N. The van der Waals surface area contributed by atoms with E-state index in [1.54, 1.807) is 12.4 Å². The van der Waals surface area contributed by atoms with Gasteiger partial charge in [0.2, 0.25) is 0 Å². The number of aromatic nitrogens is 3. The molecule has 5 nitrogen and oxygen atoms in total. The van der Waals surface area contributed by atoms with Crippen LogP contribution in [0.3, 0.4) is 0 Å². The second-order valence-corrected chi connectivity index (χ2v) is 4.71. The van der Waals surface area contributed by atoms with Gasteiger partial charge in [0.1, 0.15) is 11.9 Å². The molecule has 3 aromatic heterocycles. The number of nitriles is 1. The van der Waals surface area contributed by atoms with Gasteiger partial charge in [0.05, 0.1) is 17.0 Å². The molecule has 0 aliphatic heterocycles. The molecule has 3 rings (SSSR count). The molecule has 0 fully saturated rings. The molecule has 0 aliphatic rings. The maximum absolute atomic E-state index is 9.37. The Kier molecular flexibility index (Phi) is 3.75. The molecule has 0 spiro atoms. The number of aryl methyl sites for hydroxylation is 1. The zero-order valence-corrected chi connectivity index (χ0v) is 12.0. The van der Waals surface area contributed by atoms with Crippen molar-refractivity contribution in [2.45, 2.75) is 6.92 Å². The third-order valence-electron chi connectivity index (χ3n) is 3.17. The van der Waals surface area contributed by atoms with Gasteiger partial charge in [0.25, 0.3) is 0 Å². The summed E-state index contributed by atoms with van der Waals surface area (Å²) in [6, 6.07) is 15.2. The quantitative estimate of drug-likeness (QED) is 0.798. The van der Waals surface area contributed by atoms with Crippen molar-refractivity contribution in [3.05, 3.63) is 66.0 Å². The van der Waals surface area contributed by atoms with E-state index in [1.165, 1.54) is 0 Å². The molecule has 0 saturated carbocycles. The van der Waals surface area contributed by atoms with Crippen molar-refractivity contribution in [3.63, 3.8) is 0 Å². The predicted molar refractivity (Wildman–Crippen MR) is 84.4 cm³/mol. The van der Waals surface area contributed by atoms with Crippen LogP contribution in [0.15, 0.2) is 54.9 Å². The third kappa shape index (κ3) is 2.76. The number of pyridine rings is 3. The normalized spacial score (nSPS) is 10.0. The number of rotatable bonds is 3. The first-order valence-electron chi connectivity index (χ1n) is 6.79. The van der Waals surface area contributed by atoms with Crippen molar-refractivity contribution in [2.75, 3.05) is 5.32 Å². The van der Waals surface area contributed by atoms with Crippen LogP contribution in [0.4, 0.5) is 11.6 Å². The topological polar surface area (TPSA) is 74.5 Å². The van der Waals surface area contributed by atoms with E-state index < -0.39 is 0 Å². The standard InChI is InChI=1S/C17H13N5/c1-12-10-15(14-6-2-4-8-19-14)21-17(13(12)11-18)22-16-7-3-5-9-20-16/h2-10H,1H3,(H,20,21,22). The molecule has 5 heteroatoms. The first-order chi connectivity index (χ1) is 10.8. The Morgan fingerprint density at radius 2 is 1.77 bits per heavy atom. The molecule has 1 N–H and O–H groups in total. The van der Waals surface area contributed by atoms with E-state index in [-0.39, 0.29) is 0 Å². The number of nitrogens with zero attached hydrogens (tertiary/aromatic N) is 4. The van der Waals surface area contributed by atoms with Crippen LogP contribution < -0.4 is 5.32 Å². The minimum absolute atomic E-state index is 0.488. The maximum atomic E-state index is 9.37. The first kappa shape index (κ1) is 13.7. The molecule has 0 unspecified atom stereocenters. The summed E-state index contributed by atoms with van der Waals surface area (Å²) in [6.07, 6.45) is 3.40. The van der Waals surface area contributed by atoms with Crippen LogP contribution in [0.5, 0.6) is 0 Å². The second-order valence-electron chi connectivity index (χ2n) is 4.71. The molecule has 0 radical (unpaired) electrons. The zero-order valence-electron chi connectivity index (χ0n) is 12.0. The van der Waals surface area contributed by atoms with Gasteiger partial charge in [-0.1, -0.05) is 12.1 Å². The number of hydrogen-bond acceptors (Lipinski definition) is 5. The van der Waals surface area contributed by atoms with Gasteiger partial charge < -0.3 is 5.32 Å².